The fraction of sp³-hybridized carbons (Fsp3) is 0.417. The lowest BCUT2D eigenvalue weighted by molar-refractivity contribution is 0.106. The second kappa shape index (κ2) is 6.75. The monoisotopic (exact) mass is 238 g/mol. The third-order valence-corrected chi connectivity index (χ3v) is 2.25. The van der Waals surface area contributed by atoms with Gasteiger partial charge in [-0.15, -0.1) is 0 Å². The summed E-state index contributed by atoms with van der Waals surface area (Å²) in [6, 6.07) is 7.43. The predicted octanol–water partition coefficient (Wildman–Crippen LogP) is 1.49. The minimum atomic E-state index is -0.345. The minimum absolute atomic E-state index is 0.0113. The smallest absolute Gasteiger partial charge is 0.338 e. The maximum Gasteiger partial charge on any atom is 0.338 e. The number of ether oxygens (including phenoxy) is 1. The topological polar surface area (TPSA) is 59.6 Å². The fourth-order valence-corrected chi connectivity index (χ4v) is 1.55. The maximum atomic E-state index is 11.2. The van der Waals surface area contributed by atoms with Crippen molar-refractivity contribution in [3.8, 4) is 5.75 Å². The molecule has 1 aromatic rings. The zero-order valence-electron chi connectivity index (χ0n) is 10.3. The molecule has 0 bridgehead atoms. The number of hydroxylamine groups is 1. The first-order valence-corrected chi connectivity index (χ1v) is 5.38. The third kappa shape index (κ3) is 4.74. The molecule has 5 nitrogen and oxygen atoms in total. The molecule has 5 heteroatoms. The molecule has 17 heavy (non-hydrogen) atoms. The van der Waals surface area contributed by atoms with E-state index < -0.39 is 0 Å². The molecule has 2 amide bonds. The van der Waals surface area contributed by atoms with Crippen LogP contribution in [0, 0.1) is 0 Å². The Bertz CT molecular complexity index is 369. The minimum Gasteiger partial charge on any atom is -0.497 e. The van der Waals surface area contributed by atoms with Crippen LogP contribution in [-0.4, -0.2) is 26.3 Å². The van der Waals surface area contributed by atoms with Gasteiger partial charge < -0.3 is 10.1 Å². The van der Waals surface area contributed by atoms with E-state index in [1.165, 1.54) is 7.11 Å². The number of urea groups is 1. The summed E-state index contributed by atoms with van der Waals surface area (Å²) in [6.07, 6.45) is 0.730. The quantitative estimate of drug-likeness (QED) is 0.764. The number of hydrogen-bond acceptors (Lipinski definition) is 3. The molecule has 2 N–H and O–H groups in total. The Hall–Kier alpha value is -1.75. The summed E-state index contributed by atoms with van der Waals surface area (Å²) in [7, 11) is 3.03. The van der Waals surface area contributed by atoms with E-state index in [-0.39, 0.29) is 12.1 Å². The first-order chi connectivity index (χ1) is 8.15. The van der Waals surface area contributed by atoms with E-state index in [4.69, 9.17) is 4.74 Å². The summed E-state index contributed by atoms with van der Waals surface area (Å²) >= 11 is 0. The zero-order valence-corrected chi connectivity index (χ0v) is 10.3. The highest BCUT2D eigenvalue weighted by Crippen LogP contribution is 2.13. The van der Waals surface area contributed by atoms with Gasteiger partial charge in [0.05, 0.1) is 14.2 Å². The van der Waals surface area contributed by atoms with Gasteiger partial charge in [0.1, 0.15) is 5.75 Å². The van der Waals surface area contributed by atoms with Crippen LogP contribution in [0.5, 0.6) is 5.75 Å². The molecule has 1 rings (SSSR count). The molecule has 0 aliphatic rings. The van der Waals surface area contributed by atoms with E-state index in [1.807, 2.05) is 31.2 Å². The number of carbonyl (C=O) groups is 1. The highest BCUT2D eigenvalue weighted by Gasteiger charge is 2.07. The van der Waals surface area contributed by atoms with Gasteiger partial charge in [0, 0.05) is 6.04 Å². The number of rotatable bonds is 5. The van der Waals surface area contributed by atoms with E-state index in [9.17, 15) is 4.79 Å². The number of amides is 2. The molecule has 0 aliphatic heterocycles. The molecule has 0 radical (unpaired) electrons. The number of methoxy groups -OCH3 is 1. The largest absolute Gasteiger partial charge is 0.497 e. The van der Waals surface area contributed by atoms with Crippen LogP contribution >= 0.6 is 0 Å². The lowest BCUT2D eigenvalue weighted by Crippen LogP contribution is -2.41. The molecule has 0 aliphatic carbocycles. The van der Waals surface area contributed by atoms with Gasteiger partial charge >= 0.3 is 6.03 Å². The first kappa shape index (κ1) is 13.3. The number of benzene rings is 1. The van der Waals surface area contributed by atoms with Crippen LogP contribution in [-0.2, 0) is 11.3 Å². The predicted molar refractivity (Wildman–Crippen MR) is 64.8 cm³/mol. The summed E-state index contributed by atoms with van der Waals surface area (Å²) in [6.45, 7) is 1.93. The molecule has 0 aromatic heterocycles. The summed E-state index contributed by atoms with van der Waals surface area (Å²) in [4.78, 5) is 15.7. The van der Waals surface area contributed by atoms with Gasteiger partial charge in [-0.3, -0.25) is 4.84 Å². The van der Waals surface area contributed by atoms with Gasteiger partial charge in [-0.25, -0.2) is 10.3 Å². The Balaban J connectivity index is 2.49. The fourth-order valence-electron chi connectivity index (χ4n) is 1.55. The molecule has 1 atom stereocenters. The number of nitrogens with one attached hydrogen (secondary N) is 2. The van der Waals surface area contributed by atoms with Crippen LogP contribution in [0.3, 0.4) is 0 Å². The van der Waals surface area contributed by atoms with Crippen molar-refractivity contribution < 1.29 is 14.4 Å². The van der Waals surface area contributed by atoms with Crippen molar-refractivity contribution in [2.45, 2.75) is 19.4 Å². The Morgan fingerprint density at radius 2 is 2.18 bits per heavy atom. The van der Waals surface area contributed by atoms with Crippen LogP contribution in [0.2, 0.25) is 0 Å². The Kier molecular flexibility index (Phi) is 5.29. The van der Waals surface area contributed by atoms with Crippen molar-refractivity contribution in [3.05, 3.63) is 29.8 Å². The second-order valence-corrected chi connectivity index (χ2v) is 3.74. The van der Waals surface area contributed by atoms with Gasteiger partial charge in [-0.2, -0.15) is 0 Å². The van der Waals surface area contributed by atoms with Crippen molar-refractivity contribution >= 4 is 6.03 Å². The molecule has 1 aromatic carbocycles. The van der Waals surface area contributed by atoms with Crippen LogP contribution in [0.15, 0.2) is 24.3 Å². The second-order valence-electron chi connectivity index (χ2n) is 3.74. The third-order valence-electron chi connectivity index (χ3n) is 2.25. The van der Waals surface area contributed by atoms with Crippen LogP contribution in [0.1, 0.15) is 12.5 Å². The van der Waals surface area contributed by atoms with Crippen molar-refractivity contribution in [2.24, 2.45) is 0 Å². The SMILES string of the molecule is CONC(=O)N[C@H](C)Cc1cccc(OC)c1. The summed E-state index contributed by atoms with van der Waals surface area (Å²) < 4.78 is 5.14. The van der Waals surface area contributed by atoms with Crippen molar-refractivity contribution in [1.29, 1.82) is 0 Å². The number of hydrogen-bond donors (Lipinski definition) is 2. The van der Waals surface area contributed by atoms with E-state index in [1.54, 1.807) is 7.11 Å². The lowest BCUT2D eigenvalue weighted by Gasteiger charge is -2.14. The molecule has 0 saturated carbocycles. The standard InChI is InChI=1S/C12H18N2O3/c1-9(13-12(15)14-17-3)7-10-5-4-6-11(8-10)16-2/h4-6,8-9H,7H2,1-3H3,(H2,13,14,15)/t9-/m1/s1. The first-order valence-electron chi connectivity index (χ1n) is 5.38. The van der Waals surface area contributed by atoms with Crippen molar-refractivity contribution in [1.82, 2.24) is 10.8 Å². The normalized spacial score (nSPS) is 11.7. The molecule has 0 fully saturated rings. The summed E-state index contributed by atoms with van der Waals surface area (Å²) in [5.74, 6) is 0.816. The zero-order chi connectivity index (χ0) is 12.7. The maximum absolute atomic E-state index is 11.2. The summed E-state index contributed by atoms with van der Waals surface area (Å²) in [5.41, 5.74) is 3.32. The highest BCUT2D eigenvalue weighted by molar-refractivity contribution is 5.72. The van der Waals surface area contributed by atoms with E-state index in [0.29, 0.717) is 0 Å². The molecule has 0 spiro atoms. The number of carbonyl (C=O) groups excluding carboxylic acids is 1. The van der Waals surface area contributed by atoms with Crippen molar-refractivity contribution in [2.75, 3.05) is 14.2 Å². The molecule has 0 heterocycles. The molecule has 94 valence electrons. The Morgan fingerprint density at radius 1 is 1.41 bits per heavy atom. The van der Waals surface area contributed by atoms with E-state index in [2.05, 4.69) is 15.6 Å². The van der Waals surface area contributed by atoms with Crippen LogP contribution < -0.4 is 15.5 Å². The molecular formula is C12H18N2O3. The average molecular weight is 238 g/mol. The highest BCUT2D eigenvalue weighted by atomic mass is 16.6. The van der Waals surface area contributed by atoms with Gasteiger partial charge in [-0.05, 0) is 31.0 Å². The van der Waals surface area contributed by atoms with Gasteiger partial charge in [0.15, 0.2) is 0 Å². The molecule has 0 saturated heterocycles. The Morgan fingerprint density at radius 3 is 2.82 bits per heavy atom. The average Bonchev–Trinajstić information content (AvgIpc) is 2.29. The van der Waals surface area contributed by atoms with Crippen LogP contribution in [0.25, 0.3) is 0 Å². The van der Waals surface area contributed by atoms with Crippen LogP contribution in [0.4, 0.5) is 4.79 Å². The van der Waals surface area contributed by atoms with E-state index >= 15 is 0 Å². The summed E-state index contributed by atoms with van der Waals surface area (Å²) in [5, 5.41) is 2.75. The Labute approximate surface area is 101 Å². The van der Waals surface area contributed by atoms with Gasteiger partial charge in [0.25, 0.3) is 0 Å². The van der Waals surface area contributed by atoms with Gasteiger partial charge in [0.2, 0.25) is 0 Å². The molecule has 0 unspecified atom stereocenters. The van der Waals surface area contributed by atoms with Gasteiger partial charge in [-0.1, -0.05) is 12.1 Å². The molecular weight excluding hydrogens is 220 g/mol. The lowest BCUT2D eigenvalue weighted by atomic mass is 10.1. The van der Waals surface area contributed by atoms with E-state index in [0.717, 1.165) is 17.7 Å². The van der Waals surface area contributed by atoms with Crippen molar-refractivity contribution in [3.63, 3.8) is 0 Å².